The lowest BCUT2D eigenvalue weighted by molar-refractivity contribution is -0.657. The average molecular weight is 363 g/mol. The summed E-state index contributed by atoms with van der Waals surface area (Å²) >= 11 is 0. The van der Waals surface area contributed by atoms with Gasteiger partial charge < -0.3 is 4.90 Å². The van der Waals surface area contributed by atoms with E-state index in [2.05, 4.69) is 65.4 Å². The highest BCUT2D eigenvalue weighted by Crippen LogP contribution is 2.20. The standard InChI is InChI=1S/C22H28N5/c1-5-27(6-2)21-13-9-19(10-14-21)17-18-7-11-20(12-8-18)23-24-22-25(3)15-16-26(22)4/h7-16H,5-6,17H2,1-4H3/q+1. The third-order valence-corrected chi connectivity index (χ3v) is 4.81. The Balaban J connectivity index is 1.65. The number of rotatable bonds is 7. The average Bonchev–Trinajstić information content (AvgIpc) is 3.01. The van der Waals surface area contributed by atoms with E-state index in [9.17, 15) is 0 Å². The van der Waals surface area contributed by atoms with Crippen molar-refractivity contribution in [3.8, 4) is 0 Å². The topological polar surface area (TPSA) is 36.8 Å². The molecule has 3 rings (SSSR count). The van der Waals surface area contributed by atoms with Crippen LogP contribution in [0, 0.1) is 0 Å². The Kier molecular flexibility index (Phi) is 6.01. The summed E-state index contributed by atoms with van der Waals surface area (Å²) in [5.74, 6) is 0.812. The van der Waals surface area contributed by atoms with Crippen LogP contribution in [0.3, 0.4) is 0 Å². The maximum atomic E-state index is 4.35. The van der Waals surface area contributed by atoms with E-state index in [0.717, 1.165) is 31.1 Å². The fraction of sp³-hybridized carbons (Fsp3) is 0.318. The van der Waals surface area contributed by atoms with Crippen LogP contribution in [0.5, 0.6) is 0 Å². The lowest BCUT2D eigenvalue weighted by atomic mass is 10.0. The molecule has 0 unspecified atom stereocenters. The lowest BCUT2D eigenvalue weighted by Gasteiger charge is -2.21. The molecule has 0 atom stereocenters. The molecule has 0 saturated heterocycles. The monoisotopic (exact) mass is 362 g/mol. The second kappa shape index (κ2) is 8.62. The van der Waals surface area contributed by atoms with E-state index < -0.39 is 0 Å². The molecular formula is C22H28N5+. The van der Waals surface area contributed by atoms with Crippen molar-refractivity contribution in [3.05, 3.63) is 72.1 Å². The number of nitrogens with zero attached hydrogens (tertiary/aromatic N) is 5. The van der Waals surface area contributed by atoms with Crippen LogP contribution in [0.15, 0.2) is 71.2 Å². The molecule has 5 heteroatoms. The van der Waals surface area contributed by atoms with E-state index in [0.29, 0.717) is 0 Å². The Morgan fingerprint density at radius 3 is 2.00 bits per heavy atom. The van der Waals surface area contributed by atoms with E-state index in [1.54, 1.807) is 0 Å². The van der Waals surface area contributed by atoms with Gasteiger partial charge in [-0.3, -0.25) is 0 Å². The molecule has 1 aromatic heterocycles. The zero-order valence-corrected chi connectivity index (χ0v) is 16.6. The first-order valence-corrected chi connectivity index (χ1v) is 9.46. The number of hydrogen-bond acceptors (Lipinski definition) is 3. The normalized spacial score (nSPS) is 11.3. The van der Waals surface area contributed by atoms with Crippen LogP contribution < -0.4 is 9.47 Å². The summed E-state index contributed by atoms with van der Waals surface area (Å²) in [4.78, 5) is 2.36. The zero-order chi connectivity index (χ0) is 19.2. The lowest BCUT2D eigenvalue weighted by Crippen LogP contribution is -2.25. The highest BCUT2D eigenvalue weighted by Gasteiger charge is 2.10. The summed E-state index contributed by atoms with van der Waals surface area (Å²) in [7, 11) is 3.92. The Morgan fingerprint density at radius 1 is 0.889 bits per heavy atom. The number of aryl methyl sites for hydroxylation is 2. The maximum Gasteiger partial charge on any atom is 0.421 e. The summed E-state index contributed by atoms with van der Waals surface area (Å²) in [6, 6.07) is 17.1. The minimum Gasteiger partial charge on any atom is -0.372 e. The molecule has 0 aliphatic heterocycles. The first kappa shape index (κ1) is 18.8. The van der Waals surface area contributed by atoms with Gasteiger partial charge in [-0.1, -0.05) is 29.4 Å². The summed E-state index contributed by atoms with van der Waals surface area (Å²) in [5.41, 5.74) is 4.73. The van der Waals surface area contributed by atoms with Crippen LogP contribution in [0.4, 0.5) is 17.3 Å². The second-order valence-electron chi connectivity index (χ2n) is 6.70. The molecule has 0 bridgehead atoms. The molecule has 5 nitrogen and oxygen atoms in total. The fourth-order valence-corrected chi connectivity index (χ4v) is 3.16. The molecule has 0 spiro atoms. The molecule has 1 heterocycles. The van der Waals surface area contributed by atoms with Crippen molar-refractivity contribution in [1.82, 2.24) is 4.57 Å². The van der Waals surface area contributed by atoms with Crippen LogP contribution in [0.2, 0.25) is 0 Å². The second-order valence-corrected chi connectivity index (χ2v) is 6.70. The smallest absolute Gasteiger partial charge is 0.372 e. The maximum absolute atomic E-state index is 4.35. The molecular weight excluding hydrogens is 334 g/mol. The number of benzene rings is 2. The van der Waals surface area contributed by atoms with Gasteiger partial charge in [0.2, 0.25) is 0 Å². The molecule has 0 N–H and O–H groups in total. The molecule has 2 aromatic carbocycles. The minimum absolute atomic E-state index is 0.812. The Bertz CT molecular complexity index is 868. The highest BCUT2D eigenvalue weighted by molar-refractivity contribution is 5.48. The van der Waals surface area contributed by atoms with Crippen LogP contribution in [0.1, 0.15) is 25.0 Å². The molecule has 3 aromatic rings. The molecule has 0 aliphatic rings. The van der Waals surface area contributed by atoms with E-state index in [4.69, 9.17) is 0 Å². The summed E-state index contributed by atoms with van der Waals surface area (Å²) in [6.45, 7) is 6.45. The van der Waals surface area contributed by atoms with Gasteiger partial charge in [0.25, 0.3) is 0 Å². The van der Waals surface area contributed by atoms with Crippen molar-refractivity contribution in [1.29, 1.82) is 0 Å². The number of hydrogen-bond donors (Lipinski definition) is 0. The van der Waals surface area contributed by atoms with E-state index in [1.165, 1.54) is 16.8 Å². The summed E-state index contributed by atoms with van der Waals surface area (Å²) in [5, 5.41) is 8.68. The quantitative estimate of drug-likeness (QED) is 0.443. The Morgan fingerprint density at radius 2 is 1.48 bits per heavy atom. The molecule has 0 fully saturated rings. The molecule has 140 valence electrons. The SMILES string of the molecule is CCN(CC)c1ccc(Cc2ccc(N=Nc3n(C)cc[n+]3C)cc2)cc1. The van der Waals surface area contributed by atoms with Gasteiger partial charge in [-0.05, 0) is 55.7 Å². The molecule has 0 saturated carbocycles. The van der Waals surface area contributed by atoms with Gasteiger partial charge in [-0.25, -0.2) is 9.13 Å². The number of imidazole rings is 1. The first-order valence-electron chi connectivity index (χ1n) is 9.46. The van der Waals surface area contributed by atoms with E-state index in [-0.39, 0.29) is 0 Å². The van der Waals surface area contributed by atoms with Crippen molar-refractivity contribution in [2.24, 2.45) is 24.3 Å². The highest BCUT2D eigenvalue weighted by atomic mass is 15.3. The Hall–Kier alpha value is -2.95. The third kappa shape index (κ3) is 4.61. The fourth-order valence-electron chi connectivity index (χ4n) is 3.16. The summed E-state index contributed by atoms with van der Waals surface area (Å²) < 4.78 is 3.89. The van der Waals surface area contributed by atoms with Gasteiger partial charge in [0.15, 0.2) is 0 Å². The van der Waals surface area contributed by atoms with Crippen LogP contribution in [0.25, 0.3) is 0 Å². The minimum atomic E-state index is 0.812. The van der Waals surface area contributed by atoms with Crippen LogP contribution >= 0.6 is 0 Å². The predicted octanol–water partition coefficient (Wildman–Crippen LogP) is 4.70. The van der Waals surface area contributed by atoms with Crippen molar-refractivity contribution >= 4 is 17.3 Å². The van der Waals surface area contributed by atoms with Gasteiger partial charge in [0.1, 0.15) is 5.69 Å². The third-order valence-electron chi connectivity index (χ3n) is 4.81. The van der Waals surface area contributed by atoms with E-state index in [1.807, 2.05) is 47.8 Å². The van der Waals surface area contributed by atoms with Crippen molar-refractivity contribution in [2.45, 2.75) is 20.3 Å². The molecule has 0 aliphatic carbocycles. The van der Waals surface area contributed by atoms with Gasteiger partial charge in [0.05, 0.1) is 26.5 Å². The van der Waals surface area contributed by atoms with Crippen molar-refractivity contribution in [2.75, 3.05) is 18.0 Å². The van der Waals surface area contributed by atoms with Crippen LogP contribution in [-0.4, -0.2) is 17.7 Å². The molecule has 0 radical (unpaired) electrons. The predicted molar refractivity (Wildman–Crippen MR) is 110 cm³/mol. The molecule has 27 heavy (non-hydrogen) atoms. The van der Waals surface area contributed by atoms with Gasteiger partial charge in [-0.15, -0.1) is 0 Å². The van der Waals surface area contributed by atoms with Gasteiger partial charge in [0, 0.05) is 23.9 Å². The van der Waals surface area contributed by atoms with Crippen molar-refractivity contribution in [3.63, 3.8) is 0 Å². The van der Waals surface area contributed by atoms with Gasteiger partial charge in [-0.2, -0.15) is 0 Å². The zero-order valence-electron chi connectivity index (χ0n) is 16.6. The summed E-state index contributed by atoms with van der Waals surface area (Å²) in [6.07, 6.45) is 4.84. The number of aromatic nitrogens is 2. The van der Waals surface area contributed by atoms with Crippen molar-refractivity contribution < 1.29 is 4.57 Å². The van der Waals surface area contributed by atoms with Crippen LogP contribution in [-0.2, 0) is 20.5 Å². The largest absolute Gasteiger partial charge is 0.421 e. The van der Waals surface area contributed by atoms with E-state index >= 15 is 0 Å². The molecule has 0 amide bonds. The first-order chi connectivity index (χ1) is 13.1. The Labute approximate surface area is 161 Å². The number of azo groups is 1. The number of anilines is 1. The van der Waals surface area contributed by atoms with Gasteiger partial charge >= 0.3 is 5.95 Å².